The van der Waals surface area contributed by atoms with Gasteiger partial charge in [0.1, 0.15) is 23.3 Å². The fourth-order valence-electron chi connectivity index (χ4n) is 3.79. The Morgan fingerprint density at radius 2 is 1.83 bits per heavy atom. The molecule has 1 N–H and O–H groups in total. The number of aryl methyl sites for hydroxylation is 1. The molecule has 1 atom stereocenters. The summed E-state index contributed by atoms with van der Waals surface area (Å²) in [5, 5.41) is 3.00. The number of carbonyl (C=O) groups is 2. The Kier molecular flexibility index (Phi) is 4.32. The van der Waals surface area contributed by atoms with E-state index >= 15 is 0 Å². The molecule has 0 saturated carbocycles. The van der Waals surface area contributed by atoms with E-state index in [4.69, 9.17) is 9.72 Å². The number of nitrogens with zero attached hydrogens (tertiary/aromatic N) is 2. The standard InChI is InChI=1S/C24H19N3O3/c1-15-11-12-20-25-22(16-7-3-2-4-8-16)23(27(20)14-15)26-21(28)13-19-17-9-5-6-10-18(17)24(29)30-19/h2-12,14,19H,13H2,1H3,(H,26,28)/t19-/m0/s1. The molecule has 0 aliphatic carbocycles. The van der Waals surface area contributed by atoms with Gasteiger partial charge in [-0.1, -0.05) is 54.6 Å². The van der Waals surface area contributed by atoms with Crippen LogP contribution in [0.15, 0.2) is 72.9 Å². The topological polar surface area (TPSA) is 72.7 Å². The van der Waals surface area contributed by atoms with Crippen LogP contribution in [0, 0.1) is 6.92 Å². The highest BCUT2D eigenvalue weighted by Crippen LogP contribution is 2.34. The first-order chi connectivity index (χ1) is 14.6. The zero-order chi connectivity index (χ0) is 20.7. The molecule has 0 saturated heterocycles. The SMILES string of the molecule is Cc1ccc2nc(-c3ccccc3)c(NC(=O)C[C@@H]3OC(=O)c4ccccc43)n2c1. The van der Waals surface area contributed by atoms with Gasteiger partial charge in [0.2, 0.25) is 5.91 Å². The Labute approximate surface area is 173 Å². The first-order valence-electron chi connectivity index (χ1n) is 9.74. The average molecular weight is 397 g/mol. The van der Waals surface area contributed by atoms with Crippen LogP contribution in [-0.4, -0.2) is 21.3 Å². The maximum absolute atomic E-state index is 13.0. The number of hydrogen-bond acceptors (Lipinski definition) is 4. The van der Waals surface area contributed by atoms with Crippen molar-refractivity contribution in [1.82, 2.24) is 9.38 Å². The van der Waals surface area contributed by atoms with Crippen molar-refractivity contribution < 1.29 is 14.3 Å². The molecule has 1 aliphatic rings. The lowest BCUT2D eigenvalue weighted by molar-refractivity contribution is -0.118. The van der Waals surface area contributed by atoms with E-state index in [1.54, 1.807) is 12.1 Å². The number of nitrogens with one attached hydrogen (secondary N) is 1. The number of imidazole rings is 1. The lowest BCUT2D eigenvalue weighted by Crippen LogP contribution is -2.17. The van der Waals surface area contributed by atoms with Gasteiger partial charge in [0.05, 0.1) is 12.0 Å². The number of amides is 1. The summed E-state index contributed by atoms with van der Waals surface area (Å²) in [6.45, 7) is 1.99. The smallest absolute Gasteiger partial charge is 0.339 e. The van der Waals surface area contributed by atoms with E-state index in [1.165, 1.54) is 0 Å². The van der Waals surface area contributed by atoms with E-state index < -0.39 is 6.10 Å². The summed E-state index contributed by atoms with van der Waals surface area (Å²) < 4.78 is 7.30. The number of fused-ring (bicyclic) bond motifs is 2. The third-order valence-corrected chi connectivity index (χ3v) is 5.22. The lowest BCUT2D eigenvalue weighted by Gasteiger charge is -2.12. The van der Waals surface area contributed by atoms with E-state index in [9.17, 15) is 9.59 Å². The van der Waals surface area contributed by atoms with Gasteiger partial charge in [-0.25, -0.2) is 9.78 Å². The molecule has 0 spiro atoms. The van der Waals surface area contributed by atoms with Gasteiger partial charge in [-0.15, -0.1) is 0 Å². The molecule has 4 aromatic rings. The van der Waals surface area contributed by atoms with E-state index in [1.807, 2.05) is 72.1 Å². The number of hydrogen-bond donors (Lipinski definition) is 1. The molecular weight excluding hydrogens is 378 g/mol. The number of carbonyl (C=O) groups excluding carboxylic acids is 2. The Balaban J connectivity index is 1.48. The van der Waals surface area contributed by atoms with Gasteiger partial charge in [-0.05, 0) is 24.6 Å². The van der Waals surface area contributed by atoms with Gasteiger partial charge in [-0.2, -0.15) is 0 Å². The monoisotopic (exact) mass is 397 g/mol. The van der Waals surface area contributed by atoms with Crippen molar-refractivity contribution in [2.75, 3.05) is 5.32 Å². The van der Waals surface area contributed by atoms with Crippen molar-refractivity contribution >= 4 is 23.3 Å². The van der Waals surface area contributed by atoms with Gasteiger partial charge in [0.15, 0.2) is 0 Å². The largest absolute Gasteiger partial charge is 0.453 e. The number of rotatable bonds is 4. The second-order valence-corrected chi connectivity index (χ2v) is 7.34. The first-order valence-corrected chi connectivity index (χ1v) is 9.74. The molecule has 2 aromatic heterocycles. The number of esters is 1. The van der Waals surface area contributed by atoms with Crippen LogP contribution >= 0.6 is 0 Å². The molecule has 0 radical (unpaired) electrons. The van der Waals surface area contributed by atoms with Gasteiger partial charge in [0.25, 0.3) is 0 Å². The van der Waals surface area contributed by atoms with Crippen molar-refractivity contribution in [3.63, 3.8) is 0 Å². The molecule has 6 nitrogen and oxygen atoms in total. The van der Waals surface area contributed by atoms with Crippen molar-refractivity contribution in [1.29, 1.82) is 0 Å². The van der Waals surface area contributed by atoms with E-state index in [0.29, 0.717) is 17.1 Å². The lowest BCUT2D eigenvalue weighted by atomic mass is 10.0. The van der Waals surface area contributed by atoms with Crippen LogP contribution < -0.4 is 5.32 Å². The van der Waals surface area contributed by atoms with Gasteiger partial charge in [-0.3, -0.25) is 9.20 Å². The number of benzene rings is 2. The summed E-state index contributed by atoms with van der Waals surface area (Å²) in [5.74, 6) is -0.0358. The number of pyridine rings is 1. The third-order valence-electron chi connectivity index (χ3n) is 5.22. The zero-order valence-corrected chi connectivity index (χ0v) is 16.3. The summed E-state index contributed by atoms with van der Waals surface area (Å²) in [5.41, 5.74) is 4.66. The highest BCUT2D eigenvalue weighted by atomic mass is 16.5. The van der Waals surface area contributed by atoms with Crippen LogP contribution in [0.1, 0.15) is 34.0 Å². The number of ether oxygens (including phenoxy) is 1. The Hall–Kier alpha value is -3.93. The maximum Gasteiger partial charge on any atom is 0.339 e. The molecule has 30 heavy (non-hydrogen) atoms. The number of anilines is 1. The number of cyclic esters (lactones) is 1. The molecule has 3 heterocycles. The molecular formula is C24H19N3O3. The highest BCUT2D eigenvalue weighted by molar-refractivity contribution is 5.97. The normalized spacial score (nSPS) is 15.1. The second-order valence-electron chi connectivity index (χ2n) is 7.34. The average Bonchev–Trinajstić information content (AvgIpc) is 3.26. The molecule has 0 unspecified atom stereocenters. The van der Waals surface area contributed by atoms with Crippen molar-refractivity contribution in [2.45, 2.75) is 19.4 Å². The Bertz CT molecular complexity index is 1280. The predicted octanol–water partition coefficient (Wildman–Crippen LogP) is 4.55. The van der Waals surface area contributed by atoms with Crippen molar-refractivity contribution in [3.8, 4) is 11.3 Å². The van der Waals surface area contributed by atoms with Crippen LogP contribution in [0.2, 0.25) is 0 Å². The molecule has 2 aromatic carbocycles. The summed E-state index contributed by atoms with van der Waals surface area (Å²) in [7, 11) is 0. The fraction of sp³-hybridized carbons (Fsp3) is 0.125. The third kappa shape index (κ3) is 3.12. The molecule has 5 rings (SSSR count). The Morgan fingerprint density at radius 1 is 1.07 bits per heavy atom. The quantitative estimate of drug-likeness (QED) is 0.513. The first kappa shape index (κ1) is 18.1. The predicted molar refractivity (Wildman–Crippen MR) is 113 cm³/mol. The summed E-state index contributed by atoms with van der Waals surface area (Å²) in [6, 6.07) is 20.8. The van der Waals surface area contributed by atoms with Gasteiger partial charge < -0.3 is 10.1 Å². The van der Waals surface area contributed by atoms with E-state index in [2.05, 4.69) is 5.32 Å². The van der Waals surface area contributed by atoms with Crippen molar-refractivity contribution in [3.05, 3.63) is 89.6 Å². The summed E-state index contributed by atoms with van der Waals surface area (Å²) >= 11 is 0. The van der Waals surface area contributed by atoms with Crippen LogP contribution in [0.4, 0.5) is 5.82 Å². The van der Waals surface area contributed by atoms with Crippen LogP contribution in [0.3, 0.4) is 0 Å². The molecule has 1 aliphatic heterocycles. The van der Waals surface area contributed by atoms with Crippen LogP contribution in [0.5, 0.6) is 0 Å². The Morgan fingerprint density at radius 3 is 2.67 bits per heavy atom. The molecule has 148 valence electrons. The van der Waals surface area contributed by atoms with Crippen LogP contribution in [0.25, 0.3) is 16.9 Å². The highest BCUT2D eigenvalue weighted by Gasteiger charge is 2.32. The number of aromatic nitrogens is 2. The minimum atomic E-state index is -0.588. The zero-order valence-electron chi connectivity index (χ0n) is 16.3. The summed E-state index contributed by atoms with van der Waals surface area (Å²) in [4.78, 5) is 29.7. The van der Waals surface area contributed by atoms with Crippen molar-refractivity contribution in [2.24, 2.45) is 0 Å². The molecule has 0 fully saturated rings. The minimum absolute atomic E-state index is 0.0377. The van der Waals surface area contributed by atoms with Crippen LogP contribution in [-0.2, 0) is 9.53 Å². The van der Waals surface area contributed by atoms with Gasteiger partial charge >= 0.3 is 5.97 Å². The second kappa shape index (κ2) is 7.15. The molecule has 6 heteroatoms. The van der Waals surface area contributed by atoms with Gasteiger partial charge in [0, 0.05) is 17.3 Å². The maximum atomic E-state index is 13.0. The van der Waals surface area contributed by atoms with E-state index in [-0.39, 0.29) is 18.3 Å². The minimum Gasteiger partial charge on any atom is -0.453 e. The summed E-state index contributed by atoms with van der Waals surface area (Å²) in [6.07, 6.45) is 1.39. The molecule has 0 bridgehead atoms. The molecule has 1 amide bonds. The van der Waals surface area contributed by atoms with E-state index in [0.717, 1.165) is 22.3 Å². The fourth-order valence-corrected chi connectivity index (χ4v) is 3.79.